The second-order valence-corrected chi connectivity index (χ2v) is 11.2. The largest absolute Gasteiger partial charge is 0.573 e. The lowest BCUT2D eigenvalue weighted by Gasteiger charge is -2.39. The molecule has 2 aliphatic rings. The third-order valence-corrected chi connectivity index (χ3v) is 8.58. The standard InChI is InChI=1S/C29H28F3N3OS/c1-18-34-23-14-22(24(15-25(23)37-18)36-29(30,31)32)16-33-27-21-12-13-35(17-21)28(27)26(19-8-4-2-5-9-19)20-10-6-3-7-11-20/h2-11,14-15,21,26-28,33H,12-13,16-17H2,1H3/t21-,27-,28-/m1/s1. The lowest BCUT2D eigenvalue weighted by atomic mass is 9.78. The molecule has 37 heavy (non-hydrogen) atoms. The number of aryl methyl sites for hydroxylation is 1. The molecule has 0 amide bonds. The van der Waals surface area contributed by atoms with Gasteiger partial charge in [0, 0.05) is 42.7 Å². The first-order valence-corrected chi connectivity index (χ1v) is 13.4. The van der Waals surface area contributed by atoms with Crippen molar-refractivity contribution < 1.29 is 17.9 Å². The van der Waals surface area contributed by atoms with Crippen molar-refractivity contribution in [1.82, 2.24) is 15.2 Å². The van der Waals surface area contributed by atoms with E-state index in [-0.39, 0.29) is 30.3 Å². The van der Waals surface area contributed by atoms with E-state index in [0.717, 1.165) is 24.5 Å². The molecule has 0 radical (unpaired) electrons. The Morgan fingerprint density at radius 2 is 1.73 bits per heavy atom. The molecule has 2 fully saturated rings. The zero-order valence-electron chi connectivity index (χ0n) is 20.4. The second kappa shape index (κ2) is 9.74. The molecule has 3 aromatic carbocycles. The van der Waals surface area contributed by atoms with Gasteiger partial charge in [-0.05, 0) is 43.0 Å². The Hall–Kier alpha value is -2.94. The summed E-state index contributed by atoms with van der Waals surface area (Å²) in [5, 5.41) is 4.50. The second-order valence-electron chi connectivity index (χ2n) is 9.95. The van der Waals surface area contributed by atoms with Gasteiger partial charge < -0.3 is 10.1 Å². The van der Waals surface area contributed by atoms with E-state index in [1.807, 2.05) is 19.1 Å². The number of hydrogen-bond donors (Lipinski definition) is 1. The van der Waals surface area contributed by atoms with E-state index in [1.165, 1.54) is 28.5 Å². The van der Waals surface area contributed by atoms with Gasteiger partial charge in [0.1, 0.15) is 5.75 Å². The summed E-state index contributed by atoms with van der Waals surface area (Å²) in [6.45, 7) is 4.17. The minimum Gasteiger partial charge on any atom is -0.405 e. The Labute approximate surface area is 218 Å². The van der Waals surface area contributed by atoms with Crippen LogP contribution in [0.15, 0.2) is 72.8 Å². The van der Waals surface area contributed by atoms with E-state index in [2.05, 4.69) is 68.5 Å². The number of benzene rings is 3. The lowest BCUT2D eigenvalue weighted by Crippen LogP contribution is -2.51. The molecule has 0 aliphatic carbocycles. The van der Waals surface area contributed by atoms with Crippen LogP contribution in [0.5, 0.6) is 5.75 Å². The predicted octanol–water partition coefficient (Wildman–Crippen LogP) is 6.50. The van der Waals surface area contributed by atoms with Crippen LogP contribution in [0.4, 0.5) is 13.2 Å². The molecule has 2 bridgehead atoms. The number of aromatic nitrogens is 1. The molecule has 1 unspecified atom stereocenters. The molecule has 1 N–H and O–H groups in total. The van der Waals surface area contributed by atoms with Crippen molar-refractivity contribution in [2.75, 3.05) is 13.1 Å². The van der Waals surface area contributed by atoms with Gasteiger partial charge in [-0.25, -0.2) is 4.98 Å². The SMILES string of the molecule is Cc1nc2cc(CN[C@@H]3[C@@H]4CCN(C4)[C@@H]3C(c3ccccc3)c3ccccc3)c(OC(F)(F)F)cc2s1. The smallest absolute Gasteiger partial charge is 0.405 e. The molecule has 0 spiro atoms. The summed E-state index contributed by atoms with van der Waals surface area (Å²) in [7, 11) is 0. The molecule has 0 saturated carbocycles. The Morgan fingerprint density at radius 1 is 1.05 bits per heavy atom. The zero-order valence-corrected chi connectivity index (χ0v) is 21.2. The van der Waals surface area contributed by atoms with Crippen LogP contribution < -0.4 is 10.1 Å². The first-order chi connectivity index (χ1) is 17.9. The average Bonchev–Trinajstić information content (AvgIpc) is 3.58. The molecule has 4 atom stereocenters. The average molecular weight is 524 g/mol. The monoisotopic (exact) mass is 523 g/mol. The summed E-state index contributed by atoms with van der Waals surface area (Å²) in [5.74, 6) is 0.441. The van der Waals surface area contributed by atoms with Gasteiger partial charge in [0.15, 0.2) is 0 Å². The fraction of sp³-hybridized carbons (Fsp3) is 0.345. The molecule has 3 heterocycles. The highest BCUT2D eigenvalue weighted by atomic mass is 32.1. The highest BCUT2D eigenvalue weighted by molar-refractivity contribution is 7.18. The van der Waals surface area contributed by atoms with Crippen LogP contribution >= 0.6 is 11.3 Å². The van der Waals surface area contributed by atoms with Gasteiger partial charge >= 0.3 is 6.36 Å². The van der Waals surface area contributed by atoms with Crippen LogP contribution in [0.2, 0.25) is 0 Å². The number of piperidine rings is 1. The van der Waals surface area contributed by atoms with Crippen molar-refractivity contribution in [2.24, 2.45) is 5.92 Å². The van der Waals surface area contributed by atoms with Gasteiger partial charge in [0.05, 0.1) is 15.2 Å². The number of nitrogens with one attached hydrogen (secondary N) is 1. The molecule has 6 rings (SSSR count). The van der Waals surface area contributed by atoms with E-state index >= 15 is 0 Å². The van der Waals surface area contributed by atoms with Crippen LogP contribution in [0.25, 0.3) is 10.2 Å². The summed E-state index contributed by atoms with van der Waals surface area (Å²) in [5.41, 5.74) is 3.67. The number of fused-ring (bicyclic) bond motifs is 3. The van der Waals surface area contributed by atoms with Crippen molar-refractivity contribution in [3.05, 3.63) is 94.5 Å². The molecule has 4 aromatic rings. The third-order valence-electron chi connectivity index (χ3n) is 7.64. The van der Waals surface area contributed by atoms with Crippen molar-refractivity contribution in [2.45, 2.75) is 44.3 Å². The van der Waals surface area contributed by atoms with E-state index in [4.69, 9.17) is 0 Å². The number of hydrogen-bond acceptors (Lipinski definition) is 5. The van der Waals surface area contributed by atoms with Gasteiger partial charge in [0.25, 0.3) is 0 Å². The van der Waals surface area contributed by atoms with E-state index in [9.17, 15) is 13.2 Å². The molecule has 192 valence electrons. The summed E-state index contributed by atoms with van der Waals surface area (Å²) >= 11 is 1.37. The summed E-state index contributed by atoms with van der Waals surface area (Å²) in [4.78, 5) is 7.05. The van der Waals surface area contributed by atoms with Gasteiger partial charge in [-0.2, -0.15) is 0 Å². The van der Waals surface area contributed by atoms with Crippen LogP contribution in [0.3, 0.4) is 0 Å². The van der Waals surface area contributed by atoms with Gasteiger partial charge in [0.2, 0.25) is 0 Å². The highest BCUT2D eigenvalue weighted by Gasteiger charge is 2.49. The van der Waals surface area contributed by atoms with Gasteiger partial charge in [-0.15, -0.1) is 24.5 Å². The summed E-state index contributed by atoms with van der Waals surface area (Å²) < 4.78 is 45.0. The summed E-state index contributed by atoms with van der Waals surface area (Å²) in [6.07, 6.45) is -3.67. The Morgan fingerprint density at radius 3 is 2.38 bits per heavy atom. The number of ether oxygens (including phenoxy) is 1. The number of halogens is 3. The number of rotatable bonds is 7. The van der Waals surface area contributed by atoms with E-state index in [1.54, 1.807) is 6.07 Å². The topological polar surface area (TPSA) is 37.4 Å². The maximum Gasteiger partial charge on any atom is 0.573 e. The first kappa shape index (κ1) is 24.4. The summed E-state index contributed by atoms with van der Waals surface area (Å²) in [6, 6.07) is 24.6. The molecule has 8 heteroatoms. The predicted molar refractivity (Wildman–Crippen MR) is 140 cm³/mol. The van der Waals surface area contributed by atoms with Crippen LogP contribution in [0, 0.1) is 12.8 Å². The number of thiazole rings is 1. The Bertz CT molecular complexity index is 1340. The van der Waals surface area contributed by atoms with E-state index < -0.39 is 6.36 Å². The molecular weight excluding hydrogens is 495 g/mol. The molecule has 1 aromatic heterocycles. The Balaban J connectivity index is 1.33. The quantitative estimate of drug-likeness (QED) is 0.300. The molecule has 4 nitrogen and oxygen atoms in total. The fourth-order valence-corrected chi connectivity index (χ4v) is 7.04. The maximum atomic E-state index is 13.3. The van der Waals surface area contributed by atoms with Crippen LogP contribution in [-0.4, -0.2) is 41.4 Å². The van der Waals surface area contributed by atoms with Crippen molar-refractivity contribution in [3.63, 3.8) is 0 Å². The molecular formula is C29H28F3N3OS. The minimum absolute atomic E-state index is 0.130. The van der Waals surface area contributed by atoms with Crippen molar-refractivity contribution in [3.8, 4) is 5.75 Å². The molecule has 2 aliphatic heterocycles. The number of nitrogens with zero attached hydrogens (tertiary/aromatic N) is 2. The fourth-order valence-electron chi connectivity index (χ4n) is 6.20. The normalized spacial score (nSPS) is 23.3. The van der Waals surface area contributed by atoms with Crippen LogP contribution in [-0.2, 0) is 6.54 Å². The highest BCUT2D eigenvalue weighted by Crippen LogP contribution is 2.43. The number of alkyl halides is 3. The van der Waals surface area contributed by atoms with Gasteiger partial charge in [-0.3, -0.25) is 4.90 Å². The molecule has 2 saturated heterocycles. The maximum absolute atomic E-state index is 13.3. The first-order valence-electron chi connectivity index (χ1n) is 12.6. The van der Waals surface area contributed by atoms with Crippen molar-refractivity contribution >= 4 is 21.6 Å². The Kier molecular flexibility index (Phi) is 6.42. The van der Waals surface area contributed by atoms with E-state index in [0.29, 0.717) is 21.7 Å². The third kappa shape index (κ3) is 4.98. The van der Waals surface area contributed by atoms with Crippen LogP contribution in [0.1, 0.15) is 34.0 Å². The lowest BCUT2D eigenvalue weighted by molar-refractivity contribution is -0.274. The minimum atomic E-state index is -4.76. The van der Waals surface area contributed by atoms with Crippen molar-refractivity contribution in [1.29, 1.82) is 0 Å². The van der Waals surface area contributed by atoms with Gasteiger partial charge in [-0.1, -0.05) is 60.7 Å². The zero-order chi connectivity index (χ0) is 25.6.